The summed E-state index contributed by atoms with van der Waals surface area (Å²) in [7, 11) is 0. The van der Waals surface area contributed by atoms with Gasteiger partial charge in [0.15, 0.2) is 0 Å². The summed E-state index contributed by atoms with van der Waals surface area (Å²) in [6, 6.07) is 0. The van der Waals surface area contributed by atoms with Crippen LogP contribution in [-0.2, 0) is 0 Å². The maximum Gasteiger partial charge on any atom is 0.102 e. The van der Waals surface area contributed by atoms with Crippen molar-refractivity contribution in [3.05, 3.63) is 61.3 Å². The molecule has 0 nitrogen and oxygen atoms in total. The molecule has 0 amide bonds. The Kier molecular flexibility index (Phi) is 6.64. The van der Waals surface area contributed by atoms with E-state index < -0.39 is 0 Å². The molecule has 0 saturated carbocycles. The van der Waals surface area contributed by atoms with E-state index in [0.29, 0.717) is 0 Å². The highest BCUT2D eigenvalue weighted by atomic mass is 35.5. The van der Waals surface area contributed by atoms with Crippen LogP contribution in [0.5, 0.6) is 0 Å². The molecule has 1 aromatic rings. The van der Waals surface area contributed by atoms with Crippen LogP contribution < -0.4 is 0 Å². The van der Waals surface area contributed by atoms with Crippen molar-refractivity contribution in [1.29, 1.82) is 0 Å². The lowest BCUT2D eigenvalue weighted by Crippen LogP contribution is -1.72. The number of aryl methyl sites for hydroxylation is 1. The molecule has 0 N–H and O–H groups in total. The zero-order valence-corrected chi connectivity index (χ0v) is 14.0. The maximum atomic E-state index is 6.20. The number of hydrogen-bond donors (Lipinski definition) is 0. The lowest BCUT2D eigenvalue weighted by molar-refractivity contribution is 1.47. The minimum Gasteiger partial charge on any atom is -0.126 e. The standard InChI is InChI=1S/C16H18Cl2S/c1-5-11(2)7-6-8-12(3)9-10-14-15(17)13(4)19-16(14)18/h5-10H,1-4H3. The summed E-state index contributed by atoms with van der Waals surface area (Å²) in [6.45, 7) is 8.12. The van der Waals surface area contributed by atoms with Crippen molar-refractivity contribution < 1.29 is 0 Å². The van der Waals surface area contributed by atoms with Gasteiger partial charge in [-0.3, -0.25) is 0 Å². The highest BCUT2D eigenvalue weighted by Crippen LogP contribution is 2.36. The molecule has 0 aliphatic heterocycles. The molecular weight excluding hydrogens is 295 g/mol. The van der Waals surface area contributed by atoms with Crippen LogP contribution in [-0.4, -0.2) is 0 Å². The first kappa shape index (κ1) is 16.3. The zero-order valence-electron chi connectivity index (χ0n) is 11.6. The van der Waals surface area contributed by atoms with E-state index in [1.165, 1.54) is 16.9 Å². The number of rotatable bonds is 4. The fourth-order valence-electron chi connectivity index (χ4n) is 1.37. The quantitative estimate of drug-likeness (QED) is 0.533. The minimum atomic E-state index is 0.742. The summed E-state index contributed by atoms with van der Waals surface area (Å²) in [5, 5.41) is 0.749. The van der Waals surface area contributed by atoms with E-state index in [1.54, 1.807) is 0 Å². The monoisotopic (exact) mass is 312 g/mol. The number of halogens is 2. The van der Waals surface area contributed by atoms with Gasteiger partial charge >= 0.3 is 0 Å². The van der Waals surface area contributed by atoms with Gasteiger partial charge in [-0.1, -0.05) is 70.8 Å². The van der Waals surface area contributed by atoms with Crippen LogP contribution in [0.25, 0.3) is 6.08 Å². The molecule has 0 radical (unpaired) electrons. The first-order valence-electron chi connectivity index (χ1n) is 6.06. The predicted molar refractivity (Wildman–Crippen MR) is 90.4 cm³/mol. The third-order valence-corrected chi connectivity index (χ3v) is 4.63. The molecule has 3 heteroatoms. The summed E-state index contributed by atoms with van der Waals surface area (Å²) in [5.74, 6) is 0. The molecule has 1 rings (SSSR count). The van der Waals surface area contributed by atoms with Gasteiger partial charge in [-0.05, 0) is 27.7 Å². The van der Waals surface area contributed by atoms with Crippen molar-refractivity contribution in [3.63, 3.8) is 0 Å². The van der Waals surface area contributed by atoms with Crippen LogP contribution in [0.1, 0.15) is 31.2 Å². The molecule has 0 aliphatic rings. The predicted octanol–water partition coefficient (Wildman–Crippen LogP) is 6.85. The van der Waals surface area contributed by atoms with Gasteiger partial charge in [-0.2, -0.15) is 0 Å². The largest absolute Gasteiger partial charge is 0.126 e. The van der Waals surface area contributed by atoms with Crippen LogP contribution in [0.15, 0.2) is 41.5 Å². The topological polar surface area (TPSA) is 0 Å². The third-order valence-electron chi connectivity index (χ3n) is 2.69. The fourth-order valence-corrected chi connectivity index (χ4v) is 3.00. The van der Waals surface area contributed by atoms with Gasteiger partial charge in [-0.25, -0.2) is 0 Å². The highest BCUT2D eigenvalue weighted by Gasteiger charge is 2.09. The molecule has 0 spiro atoms. The average molecular weight is 313 g/mol. The van der Waals surface area contributed by atoms with Gasteiger partial charge in [0.05, 0.1) is 5.02 Å². The van der Waals surface area contributed by atoms with E-state index in [-0.39, 0.29) is 0 Å². The Morgan fingerprint density at radius 2 is 1.79 bits per heavy atom. The molecule has 0 aliphatic carbocycles. The Morgan fingerprint density at radius 1 is 1.11 bits per heavy atom. The minimum absolute atomic E-state index is 0.742. The van der Waals surface area contributed by atoms with Crippen molar-refractivity contribution in [2.24, 2.45) is 0 Å². The molecule has 0 aromatic carbocycles. The van der Waals surface area contributed by atoms with E-state index in [4.69, 9.17) is 23.2 Å². The molecule has 19 heavy (non-hydrogen) atoms. The number of allylic oxidation sites excluding steroid dienone is 7. The smallest absolute Gasteiger partial charge is 0.102 e. The summed E-state index contributed by atoms with van der Waals surface area (Å²) in [6.07, 6.45) is 12.2. The fraction of sp³-hybridized carbons (Fsp3) is 0.250. The summed E-state index contributed by atoms with van der Waals surface area (Å²) in [4.78, 5) is 1.05. The molecule has 0 bridgehead atoms. The zero-order chi connectivity index (χ0) is 14.4. The second kappa shape index (κ2) is 7.74. The summed E-state index contributed by atoms with van der Waals surface area (Å²) < 4.78 is 0.742. The van der Waals surface area contributed by atoms with Gasteiger partial charge in [-0.15, -0.1) is 11.3 Å². The van der Waals surface area contributed by atoms with Crippen LogP contribution in [0, 0.1) is 6.92 Å². The van der Waals surface area contributed by atoms with Gasteiger partial charge in [0.2, 0.25) is 0 Å². The molecule has 0 fully saturated rings. The van der Waals surface area contributed by atoms with Gasteiger partial charge in [0.25, 0.3) is 0 Å². The van der Waals surface area contributed by atoms with Crippen LogP contribution in [0.4, 0.5) is 0 Å². The molecule has 0 saturated heterocycles. The SMILES string of the molecule is CC=C(C)C=CC=C(C)C=Cc1c(Cl)sc(C)c1Cl. The summed E-state index contributed by atoms with van der Waals surface area (Å²) >= 11 is 13.9. The maximum absolute atomic E-state index is 6.20. The second-order valence-electron chi connectivity index (χ2n) is 4.30. The average Bonchev–Trinajstić information content (AvgIpc) is 2.61. The number of hydrogen-bond acceptors (Lipinski definition) is 1. The second-order valence-corrected chi connectivity index (χ2v) is 6.50. The van der Waals surface area contributed by atoms with Crippen molar-refractivity contribution in [2.75, 3.05) is 0 Å². The van der Waals surface area contributed by atoms with Crippen molar-refractivity contribution in [2.45, 2.75) is 27.7 Å². The van der Waals surface area contributed by atoms with Crippen molar-refractivity contribution >= 4 is 40.6 Å². The molecule has 102 valence electrons. The molecular formula is C16H18Cl2S. The number of thiophene rings is 1. The lowest BCUT2D eigenvalue weighted by Gasteiger charge is -1.93. The Morgan fingerprint density at radius 3 is 2.32 bits per heavy atom. The Labute approximate surface area is 129 Å². The van der Waals surface area contributed by atoms with Gasteiger partial charge in [0, 0.05) is 10.4 Å². The van der Waals surface area contributed by atoms with E-state index in [0.717, 1.165) is 25.4 Å². The van der Waals surface area contributed by atoms with Crippen LogP contribution >= 0.6 is 34.5 Å². The summed E-state index contributed by atoms with van der Waals surface area (Å²) in [5.41, 5.74) is 3.30. The Bertz CT molecular complexity index is 558. The van der Waals surface area contributed by atoms with Crippen molar-refractivity contribution in [1.82, 2.24) is 0 Å². The first-order valence-corrected chi connectivity index (χ1v) is 7.63. The van der Waals surface area contributed by atoms with Gasteiger partial charge < -0.3 is 0 Å². The third kappa shape index (κ3) is 5.02. The molecule has 1 aromatic heterocycles. The van der Waals surface area contributed by atoms with E-state index in [1.807, 2.05) is 39.0 Å². The Balaban J connectivity index is 2.81. The van der Waals surface area contributed by atoms with Crippen LogP contribution in [0.2, 0.25) is 9.36 Å². The van der Waals surface area contributed by atoms with E-state index in [9.17, 15) is 0 Å². The normalized spacial score (nSPS) is 14.0. The highest BCUT2D eigenvalue weighted by molar-refractivity contribution is 7.17. The van der Waals surface area contributed by atoms with Crippen LogP contribution in [0.3, 0.4) is 0 Å². The first-order chi connectivity index (χ1) is 8.95. The Hall–Kier alpha value is -0.760. The molecule has 0 unspecified atom stereocenters. The van der Waals surface area contributed by atoms with E-state index >= 15 is 0 Å². The van der Waals surface area contributed by atoms with Crippen molar-refractivity contribution in [3.8, 4) is 0 Å². The van der Waals surface area contributed by atoms with E-state index in [2.05, 4.69) is 25.2 Å². The van der Waals surface area contributed by atoms with Gasteiger partial charge in [0.1, 0.15) is 4.34 Å². The lowest BCUT2D eigenvalue weighted by atomic mass is 10.2. The molecule has 1 heterocycles. The molecule has 0 atom stereocenters.